The van der Waals surface area contributed by atoms with Gasteiger partial charge in [0.1, 0.15) is 0 Å². The standard InChI is InChI=1S/C9H20O3/c1-4-9(10,5-2)8-12-7-6-11-3/h10H,4-8H2,1-3H3. The van der Waals surface area contributed by atoms with Crippen LogP contribution in [0.1, 0.15) is 26.7 Å². The maximum atomic E-state index is 9.76. The highest BCUT2D eigenvalue weighted by Crippen LogP contribution is 2.14. The molecule has 0 aliphatic rings. The molecule has 0 heterocycles. The minimum absolute atomic E-state index is 0.406. The molecule has 0 spiro atoms. The molecule has 0 atom stereocenters. The van der Waals surface area contributed by atoms with Gasteiger partial charge in [-0.15, -0.1) is 0 Å². The van der Waals surface area contributed by atoms with Crippen molar-refractivity contribution in [3.05, 3.63) is 0 Å². The summed E-state index contributed by atoms with van der Waals surface area (Å²) in [5, 5.41) is 9.76. The Hall–Kier alpha value is -0.120. The van der Waals surface area contributed by atoms with Crippen LogP contribution in [0.4, 0.5) is 0 Å². The molecule has 3 heteroatoms. The molecule has 0 fully saturated rings. The summed E-state index contributed by atoms with van der Waals surface area (Å²) in [5.41, 5.74) is -0.645. The van der Waals surface area contributed by atoms with Gasteiger partial charge in [-0.05, 0) is 12.8 Å². The third kappa shape index (κ3) is 4.70. The number of hydrogen-bond acceptors (Lipinski definition) is 3. The normalized spacial score (nSPS) is 12.0. The van der Waals surface area contributed by atoms with E-state index >= 15 is 0 Å². The van der Waals surface area contributed by atoms with E-state index in [1.54, 1.807) is 7.11 Å². The zero-order chi connectivity index (χ0) is 9.45. The molecule has 0 amide bonds. The largest absolute Gasteiger partial charge is 0.388 e. The Morgan fingerprint density at radius 1 is 1.17 bits per heavy atom. The molecule has 12 heavy (non-hydrogen) atoms. The molecule has 1 N–H and O–H groups in total. The Balaban J connectivity index is 3.45. The van der Waals surface area contributed by atoms with Crippen LogP contribution >= 0.6 is 0 Å². The first kappa shape index (κ1) is 11.9. The highest BCUT2D eigenvalue weighted by atomic mass is 16.5. The fourth-order valence-corrected chi connectivity index (χ4v) is 0.859. The zero-order valence-corrected chi connectivity index (χ0v) is 8.30. The van der Waals surface area contributed by atoms with Gasteiger partial charge in [-0.3, -0.25) is 0 Å². The summed E-state index contributed by atoms with van der Waals surface area (Å²) >= 11 is 0. The first-order chi connectivity index (χ1) is 5.68. The van der Waals surface area contributed by atoms with E-state index in [-0.39, 0.29) is 0 Å². The fourth-order valence-electron chi connectivity index (χ4n) is 0.859. The molecule has 0 radical (unpaired) electrons. The van der Waals surface area contributed by atoms with Crippen LogP contribution in [0.2, 0.25) is 0 Å². The van der Waals surface area contributed by atoms with Crippen molar-refractivity contribution in [2.24, 2.45) is 0 Å². The Morgan fingerprint density at radius 3 is 2.17 bits per heavy atom. The van der Waals surface area contributed by atoms with Crippen LogP contribution in [0, 0.1) is 0 Å². The molecule has 0 saturated carbocycles. The van der Waals surface area contributed by atoms with Crippen LogP contribution in [0.3, 0.4) is 0 Å². The lowest BCUT2D eigenvalue weighted by molar-refractivity contribution is -0.0594. The van der Waals surface area contributed by atoms with Crippen molar-refractivity contribution < 1.29 is 14.6 Å². The summed E-state index contributed by atoms with van der Waals surface area (Å²) in [6.07, 6.45) is 1.47. The molecule has 0 aliphatic carbocycles. The lowest BCUT2D eigenvalue weighted by Gasteiger charge is -2.24. The van der Waals surface area contributed by atoms with Crippen LogP contribution in [0.15, 0.2) is 0 Å². The van der Waals surface area contributed by atoms with Gasteiger partial charge >= 0.3 is 0 Å². The first-order valence-corrected chi connectivity index (χ1v) is 4.47. The Kier molecular flexibility index (Phi) is 6.34. The molecule has 0 aromatic rings. The van der Waals surface area contributed by atoms with E-state index in [0.29, 0.717) is 19.8 Å². The lowest BCUT2D eigenvalue weighted by atomic mass is 9.99. The van der Waals surface area contributed by atoms with Crippen molar-refractivity contribution in [2.75, 3.05) is 26.9 Å². The predicted molar refractivity (Wildman–Crippen MR) is 48.2 cm³/mol. The first-order valence-electron chi connectivity index (χ1n) is 4.47. The zero-order valence-electron chi connectivity index (χ0n) is 8.30. The molecule has 0 bridgehead atoms. The monoisotopic (exact) mass is 176 g/mol. The molecule has 74 valence electrons. The van der Waals surface area contributed by atoms with Gasteiger partial charge < -0.3 is 14.6 Å². The van der Waals surface area contributed by atoms with Gasteiger partial charge in [0.2, 0.25) is 0 Å². The van der Waals surface area contributed by atoms with Crippen molar-refractivity contribution in [1.29, 1.82) is 0 Å². The second-order valence-corrected chi connectivity index (χ2v) is 2.98. The van der Waals surface area contributed by atoms with Crippen LogP contribution < -0.4 is 0 Å². The van der Waals surface area contributed by atoms with Crippen LogP contribution in [-0.4, -0.2) is 37.6 Å². The van der Waals surface area contributed by atoms with Crippen molar-refractivity contribution in [3.8, 4) is 0 Å². The molecular formula is C9H20O3. The highest BCUT2D eigenvalue weighted by molar-refractivity contribution is 4.73. The Labute approximate surface area is 74.7 Å². The molecule has 0 aliphatic heterocycles. The molecule has 3 nitrogen and oxygen atoms in total. The van der Waals surface area contributed by atoms with Crippen molar-refractivity contribution >= 4 is 0 Å². The summed E-state index contributed by atoms with van der Waals surface area (Å²) in [6, 6.07) is 0. The molecule has 0 unspecified atom stereocenters. The smallest absolute Gasteiger partial charge is 0.0874 e. The van der Waals surface area contributed by atoms with Gasteiger partial charge in [0, 0.05) is 7.11 Å². The lowest BCUT2D eigenvalue weighted by Crippen LogP contribution is -2.33. The topological polar surface area (TPSA) is 38.7 Å². The van der Waals surface area contributed by atoms with Crippen molar-refractivity contribution in [3.63, 3.8) is 0 Å². The van der Waals surface area contributed by atoms with E-state index in [0.717, 1.165) is 12.8 Å². The number of aliphatic hydroxyl groups is 1. The quantitative estimate of drug-likeness (QED) is 0.592. The van der Waals surface area contributed by atoms with Gasteiger partial charge in [-0.25, -0.2) is 0 Å². The van der Waals surface area contributed by atoms with Gasteiger partial charge in [0.15, 0.2) is 0 Å². The summed E-state index contributed by atoms with van der Waals surface area (Å²) in [7, 11) is 1.63. The summed E-state index contributed by atoms with van der Waals surface area (Å²) in [6.45, 7) is 5.47. The van der Waals surface area contributed by atoms with Gasteiger partial charge in [0.25, 0.3) is 0 Å². The maximum Gasteiger partial charge on any atom is 0.0874 e. The number of hydrogen-bond donors (Lipinski definition) is 1. The predicted octanol–water partition coefficient (Wildman–Crippen LogP) is 1.20. The Bertz CT molecular complexity index is 99.9. The van der Waals surface area contributed by atoms with Crippen LogP contribution in [0.25, 0.3) is 0 Å². The average Bonchev–Trinajstić information content (AvgIpc) is 2.12. The third-order valence-corrected chi connectivity index (χ3v) is 2.12. The Morgan fingerprint density at radius 2 is 1.75 bits per heavy atom. The molecule has 0 saturated heterocycles. The molecule has 0 rings (SSSR count). The summed E-state index contributed by atoms with van der Waals surface area (Å²) < 4.78 is 10.1. The summed E-state index contributed by atoms with van der Waals surface area (Å²) in [5.74, 6) is 0. The van der Waals surface area contributed by atoms with Crippen molar-refractivity contribution in [2.45, 2.75) is 32.3 Å². The molecular weight excluding hydrogens is 156 g/mol. The van der Waals surface area contributed by atoms with E-state index in [4.69, 9.17) is 9.47 Å². The van der Waals surface area contributed by atoms with Gasteiger partial charge in [0.05, 0.1) is 25.4 Å². The summed E-state index contributed by atoms with van der Waals surface area (Å²) in [4.78, 5) is 0. The minimum Gasteiger partial charge on any atom is -0.388 e. The molecule has 0 aromatic heterocycles. The van der Waals surface area contributed by atoms with E-state index in [9.17, 15) is 5.11 Å². The number of rotatable bonds is 7. The van der Waals surface area contributed by atoms with Crippen molar-refractivity contribution in [1.82, 2.24) is 0 Å². The van der Waals surface area contributed by atoms with Gasteiger partial charge in [-0.1, -0.05) is 13.8 Å². The highest BCUT2D eigenvalue weighted by Gasteiger charge is 2.21. The number of ether oxygens (including phenoxy) is 2. The fraction of sp³-hybridized carbons (Fsp3) is 1.00. The minimum atomic E-state index is -0.645. The van der Waals surface area contributed by atoms with Crippen LogP contribution in [0.5, 0.6) is 0 Å². The third-order valence-electron chi connectivity index (χ3n) is 2.12. The second kappa shape index (κ2) is 6.40. The van der Waals surface area contributed by atoms with Crippen LogP contribution in [-0.2, 0) is 9.47 Å². The van der Waals surface area contributed by atoms with Gasteiger partial charge in [-0.2, -0.15) is 0 Å². The van der Waals surface area contributed by atoms with E-state index in [1.165, 1.54) is 0 Å². The van der Waals surface area contributed by atoms with E-state index in [1.807, 2.05) is 13.8 Å². The second-order valence-electron chi connectivity index (χ2n) is 2.98. The van der Waals surface area contributed by atoms with E-state index in [2.05, 4.69) is 0 Å². The average molecular weight is 176 g/mol. The van der Waals surface area contributed by atoms with E-state index < -0.39 is 5.60 Å². The number of methoxy groups -OCH3 is 1. The maximum absolute atomic E-state index is 9.76. The SMILES string of the molecule is CCC(O)(CC)COCCOC. The molecule has 0 aromatic carbocycles.